The van der Waals surface area contributed by atoms with Gasteiger partial charge in [0.05, 0.1) is 13.2 Å². The first kappa shape index (κ1) is 33.6. The molecular formula is C30H22F8O6. The second-order valence-electron chi connectivity index (χ2n) is 8.78. The number of alkyl halides is 6. The minimum Gasteiger partial charge on any atom is -0.492 e. The molecule has 0 radical (unpaired) electrons. The van der Waals surface area contributed by atoms with Gasteiger partial charge in [-0.1, -0.05) is 25.3 Å². The predicted molar refractivity (Wildman–Crippen MR) is 141 cm³/mol. The van der Waals surface area contributed by atoms with Crippen LogP contribution in [0, 0.1) is 11.6 Å². The summed E-state index contributed by atoms with van der Waals surface area (Å²) >= 11 is 0. The number of hydrogen-bond acceptors (Lipinski definition) is 6. The molecule has 3 aromatic carbocycles. The van der Waals surface area contributed by atoms with E-state index in [2.05, 4.69) is 22.6 Å². The standard InChI is InChI=1S/C30H22F8O6/c1-3-20(39)10-12-41-27-15-19(9-11-42-28(40)4-2)21(17-5-7-25(23(31)13-17)43-29(33,34)35)16-22(27)18-6-8-26(24(32)14-18)44-30(36,37)38/h3-8,13-16H,1-2,9-12H2. The van der Waals surface area contributed by atoms with E-state index in [-0.39, 0.29) is 59.8 Å². The van der Waals surface area contributed by atoms with Crippen LogP contribution in [0.3, 0.4) is 0 Å². The highest BCUT2D eigenvalue weighted by Crippen LogP contribution is 2.40. The van der Waals surface area contributed by atoms with E-state index in [4.69, 9.17) is 9.47 Å². The number of benzene rings is 3. The maximum Gasteiger partial charge on any atom is 0.573 e. The van der Waals surface area contributed by atoms with Crippen molar-refractivity contribution in [3.05, 3.63) is 91.0 Å². The van der Waals surface area contributed by atoms with Gasteiger partial charge in [0, 0.05) is 24.5 Å². The molecule has 0 atom stereocenters. The van der Waals surface area contributed by atoms with Crippen LogP contribution in [0.15, 0.2) is 73.8 Å². The highest BCUT2D eigenvalue weighted by atomic mass is 19.4. The zero-order chi connectivity index (χ0) is 32.7. The van der Waals surface area contributed by atoms with E-state index in [1.807, 2.05) is 0 Å². The first-order valence-corrected chi connectivity index (χ1v) is 12.5. The molecule has 14 heteroatoms. The Morgan fingerprint density at radius 1 is 0.705 bits per heavy atom. The molecule has 0 aromatic heterocycles. The van der Waals surface area contributed by atoms with Gasteiger partial charge in [-0.2, -0.15) is 0 Å². The van der Waals surface area contributed by atoms with Crippen molar-refractivity contribution in [2.45, 2.75) is 25.6 Å². The minimum absolute atomic E-state index is 0.00274. The van der Waals surface area contributed by atoms with Crippen LogP contribution in [-0.2, 0) is 20.7 Å². The van der Waals surface area contributed by atoms with E-state index in [1.54, 1.807) is 0 Å². The zero-order valence-corrected chi connectivity index (χ0v) is 22.5. The van der Waals surface area contributed by atoms with Gasteiger partial charge in [0.2, 0.25) is 0 Å². The summed E-state index contributed by atoms with van der Waals surface area (Å²) in [6.45, 7) is 6.18. The number of carbonyl (C=O) groups is 2. The Hall–Kier alpha value is -4.88. The highest BCUT2D eigenvalue weighted by molar-refractivity contribution is 5.89. The topological polar surface area (TPSA) is 71.1 Å². The molecule has 0 saturated heterocycles. The third-order valence-electron chi connectivity index (χ3n) is 5.76. The second-order valence-corrected chi connectivity index (χ2v) is 8.78. The van der Waals surface area contributed by atoms with Crippen molar-refractivity contribution in [2.75, 3.05) is 13.2 Å². The lowest BCUT2D eigenvalue weighted by Crippen LogP contribution is -2.18. The lowest BCUT2D eigenvalue weighted by atomic mass is 9.92. The molecule has 0 unspecified atom stereocenters. The van der Waals surface area contributed by atoms with Crippen LogP contribution >= 0.6 is 0 Å². The number of esters is 1. The number of halogens is 8. The normalized spacial score (nSPS) is 11.5. The van der Waals surface area contributed by atoms with Crippen molar-refractivity contribution in [3.8, 4) is 39.5 Å². The lowest BCUT2D eigenvalue weighted by Gasteiger charge is -2.19. The Morgan fingerprint density at radius 2 is 1.25 bits per heavy atom. The molecule has 3 rings (SSSR count). The summed E-state index contributed by atoms with van der Waals surface area (Å²) in [5, 5.41) is 0. The average molecular weight is 630 g/mol. The molecule has 0 aliphatic carbocycles. The van der Waals surface area contributed by atoms with Crippen LogP contribution in [0.2, 0.25) is 0 Å². The van der Waals surface area contributed by atoms with E-state index < -0.39 is 41.8 Å². The monoisotopic (exact) mass is 630 g/mol. The molecule has 44 heavy (non-hydrogen) atoms. The zero-order valence-electron chi connectivity index (χ0n) is 22.5. The van der Waals surface area contributed by atoms with E-state index in [9.17, 15) is 44.7 Å². The average Bonchev–Trinajstić information content (AvgIpc) is 2.93. The molecule has 0 amide bonds. The second kappa shape index (κ2) is 14.1. The van der Waals surface area contributed by atoms with Gasteiger partial charge in [-0.15, -0.1) is 26.3 Å². The smallest absolute Gasteiger partial charge is 0.492 e. The number of carbonyl (C=O) groups excluding carboxylic acids is 2. The number of allylic oxidation sites excluding steroid dienone is 1. The number of hydrogen-bond donors (Lipinski definition) is 0. The molecule has 0 aliphatic heterocycles. The number of rotatable bonds is 13. The Morgan fingerprint density at radius 3 is 1.73 bits per heavy atom. The SMILES string of the molecule is C=CC(=O)CCOc1cc(CCOC(=O)C=C)c(-c2ccc(OC(F)(F)F)c(F)c2)cc1-c1ccc(OC(F)(F)F)c(F)c1. The Kier molecular flexibility index (Phi) is 10.7. The lowest BCUT2D eigenvalue weighted by molar-refractivity contribution is -0.276. The Labute approximate surface area is 245 Å². The highest BCUT2D eigenvalue weighted by Gasteiger charge is 2.33. The van der Waals surface area contributed by atoms with Gasteiger partial charge in [-0.05, 0) is 64.7 Å². The van der Waals surface area contributed by atoms with Crippen molar-refractivity contribution < 1.29 is 63.7 Å². The van der Waals surface area contributed by atoms with Crippen LogP contribution < -0.4 is 14.2 Å². The molecule has 0 spiro atoms. The van der Waals surface area contributed by atoms with Crippen molar-refractivity contribution >= 4 is 11.8 Å². The van der Waals surface area contributed by atoms with Crippen molar-refractivity contribution in [1.29, 1.82) is 0 Å². The van der Waals surface area contributed by atoms with Gasteiger partial charge < -0.3 is 18.9 Å². The first-order chi connectivity index (χ1) is 20.6. The van der Waals surface area contributed by atoms with Crippen LogP contribution in [0.4, 0.5) is 35.1 Å². The fourth-order valence-electron chi connectivity index (χ4n) is 3.88. The summed E-state index contributed by atoms with van der Waals surface area (Å²) in [6, 6.07) is 7.79. The summed E-state index contributed by atoms with van der Waals surface area (Å²) in [6.07, 6.45) is -8.56. The predicted octanol–water partition coefficient (Wildman–Crippen LogP) is 7.89. The van der Waals surface area contributed by atoms with E-state index in [0.717, 1.165) is 36.4 Å². The van der Waals surface area contributed by atoms with Gasteiger partial charge in [0.1, 0.15) is 5.75 Å². The number of ketones is 1. The summed E-state index contributed by atoms with van der Waals surface area (Å²) in [7, 11) is 0. The molecular weight excluding hydrogens is 608 g/mol. The van der Waals surface area contributed by atoms with Crippen molar-refractivity contribution in [1.82, 2.24) is 0 Å². The van der Waals surface area contributed by atoms with E-state index in [1.165, 1.54) is 12.1 Å². The maximum atomic E-state index is 14.7. The summed E-state index contributed by atoms with van der Waals surface area (Å²) in [5.41, 5.74) is 0.473. The molecule has 0 aliphatic rings. The Bertz CT molecular complexity index is 1430. The van der Waals surface area contributed by atoms with Crippen molar-refractivity contribution in [2.24, 2.45) is 0 Å². The number of ether oxygens (including phenoxy) is 4. The molecule has 0 fully saturated rings. The minimum atomic E-state index is -5.18. The van der Waals surface area contributed by atoms with Gasteiger partial charge >= 0.3 is 18.7 Å². The maximum absolute atomic E-state index is 14.7. The Balaban J connectivity index is 2.18. The summed E-state index contributed by atoms with van der Waals surface area (Å²) < 4.78 is 123. The molecule has 0 bridgehead atoms. The van der Waals surface area contributed by atoms with Gasteiger partial charge in [0.15, 0.2) is 28.9 Å². The van der Waals surface area contributed by atoms with Gasteiger partial charge in [0.25, 0.3) is 0 Å². The fourth-order valence-corrected chi connectivity index (χ4v) is 3.88. The molecule has 0 saturated carbocycles. The largest absolute Gasteiger partial charge is 0.573 e. The molecule has 234 valence electrons. The quantitative estimate of drug-likeness (QED) is 0.109. The summed E-state index contributed by atoms with van der Waals surface area (Å²) in [5.74, 6) is -6.16. The van der Waals surface area contributed by atoms with Crippen LogP contribution in [0.1, 0.15) is 12.0 Å². The van der Waals surface area contributed by atoms with Crippen LogP contribution in [-0.4, -0.2) is 37.7 Å². The van der Waals surface area contributed by atoms with Crippen LogP contribution in [0.25, 0.3) is 22.3 Å². The molecule has 0 heterocycles. The molecule has 6 nitrogen and oxygen atoms in total. The molecule has 0 N–H and O–H groups in total. The van der Waals surface area contributed by atoms with E-state index >= 15 is 0 Å². The van der Waals surface area contributed by atoms with Crippen LogP contribution in [0.5, 0.6) is 17.2 Å². The third-order valence-corrected chi connectivity index (χ3v) is 5.76. The van der Waals surface area contributed by atoms with Gasteiger partial charge in [-0.25, -0.2) is 13.6 Å². The molecule has 3 aromatic rings. The fraction of sp³-hybridized carbons (Fsp3) is 0.200. The summed E-state index contributed by atoms with van der Waals surface area (Å²) in [4.78, 5) is 23.3. The van der Waals surface area contributed by atoms with E-state index in [0.29, 0.717) is 17.7 Å². The van der Waals surface area contributed by atoms with Gasteiger partial charge in [-0.3, -0.25) is 4.79 Å². The van der Waals surface area contributed by atoms with Crippen molar-refractivity contribution in [3.63, 3.8) is 0 Å². The third kappa shape index (κ3) is 9.57. The first-order valence-electron chi connectivity index (χ1n) is 12.5.